The number of anilines is 4. The molecule has 10 heteroatoms. The van der Waals surface area contributed by atoms with Crippen LogP contribution >= 0.6 is 0 Å². The van der Waals surface area contributed by atoms with Crippen molar-refractivity contribution in [2.24, 2.45) is 29.6 Å². The van der Waals surface area contributed by atoms with Crippen LogP contribution in [0.2, 0.25) is 0 Å². The maximum Gasteiger partial charge on any atom is 0.229 e. The second-order valence-electron chi connectivity index (χ2n) is 20.3. The molecule has 5 heterocycles. The van der Waals surface area contributed by atoms with E-state index in [2.05, 4.69) is 126 Å². The van der Waals surface area contributed by atoms with Crippen LogP contribution < -0.4 is 19.6 Å². The first kappa shape index (κ1) is 76.8. The largest absolute Gasteiger partial charge is 0.401 e. The van der Waals surface area contributed by atoms with Crippen molar-refractivity contribution in [1.29, 1.82) is 0 Å². The molecule has 2 radical (unpaired) electrons. The number of nitrogens with zero attached hydrogens (tertiary/aromatic N) is 5. The summed E-state index contributed by atoms with van der Waals surface area (Å²) in [5.74, 6) is 2.73. The van der Waals surface area contributed by atoms with Gasteiger partial charge in [0.2, 0.25) is 11.8 Å². The van der Waals surface area contributed by atoms with Gasteiger partial charge in [-0.25, -0.2) is 0 Å². The zero-order valence-corrected chi connectivity index (χ0v) is 56.7. The van der Waals surface area contributed by atoms with Crippen molar-refractivity contribution in [2.75, 3.05) is 54.8 Å². The van der Waals surface area contributed by atoms with Crippen molar-refractivity contribution >= 4 is 40.5 Å². The van der Waals surface area contributed by atoms with E-state index < -0.39 is 0 Å². The molecule has 0 fully saturated rings. The third-order valence-corrected chi connectivity index (χ3v) is 15.0. The second-order valence-corrected chi connectivity index (χ2v) is 20.3. The van der Waals surface area contributed by atoms with E-state index in [0.29, 0.717) is 29.8 Å². The van der Waals surface area contributed by atoms with Gasteiger partial charge < -0.3 is 42.1 Å². The van der Waals surface area contributed by atoms with Crippen LogP contribution in [0.25, 0.3) is 0 Å². The number of rotatable bonds is 0. The van der Waals surface area contributed by atoms with E-state index in [1.807, 2.05) is 146 Å². The topological polar surface area (TPSA) is 67.4 Å². The minimum absolute atomic E-state index is 0. The van der Waals surface area contributed by atoms with Gasteiger partial charge in [0.1, 0.15) is 0 Å². The van der Waals surface area contributed by atoms with E-state index in [1.165, 1.54) is 71.4 Å². The van der Waals surface area contributed by atoms with E-state index >= 15 is 0 Å². The van der Waals surface area contributed by atoms with Gasteiger partial charge in [-0.15, -0.1) is 5.92 Å². The van der Waals surface area contributed by atoms with Crippen LogP contribution in [0, 0.1) is 42.4 Å². The number of carbonyl (C=O) groups is 3. The summed E-state index contributed by atoms with van der Waals surface area (Å²) in [5, 5.41) is 0. The zero-order chi connectivity index (χ0) is 58.5. The number of fused-ring (bicyclic) bond motifs is 4. The molecule has 79 heavy (non-hydrogen) atoms. The molecule has 0 bridgehead atoms. The Kier molecular flexibility index (Phi) is 39.7. The summed E-state index contributed by atoms with van der Waals surface area (Å²) in [6.07, 6.45) is 14.4. The Morgan fingerprint density at radius 2 is 0.797 bits per heavy atom. The molecule has 448 valence electrons. The molecule has 8 nitrogen and oxygen atoms in total. The van der Waals surface area contributed by atoms with E-state index in [1.54, 1.807) is 21.8 Å². The summed E-state index contributed by atoms with van der Waals surface area (Å²) in [6, 6.07) is 34.8. The fourth-order valence-electron chi connectivity index (χ4n) is 10.7. The molecule has 0 N–H and O–H groups in total. The normalized spacial score (nSPS) is 21.7. The van der Waals surface area contributed by atoms with Crippen molar-refractivity contribution < 1.29 is 53.3 Å². The molecule has 0 saturated heterocycles. The minimum Gasteiger partial charge on any atom is -0.401 e. The molecular weight excluding hydrogens is 1150 g/mol. The number of benzene rings is 4. The molecule has 0 saturated carbocycles. The smallest absolute Gasteiger partial charge is 0.229 e. The Balaban J connectivity index is 0. The van der Waals surface area contributed by atoms with Gasteiger partial charge in [-0.2, -0.15) is 5.92 Å². The van der Waals surface area contributed by atoms with Crippen LogP contribution in [0.5, 0.6) is 0 Å². The summed E-state index contributed by atoms with van der Waals surface area (Å²) in [7, 11) is 9.97. The van der Waals surface area contributed by atoms with Crippen molar-refractivity contribution in [3.63, 3.8) is 0 Å². The van der Waals surface area contributed by atoms with E-state index in [4.69, 9.17) is 0 Å². The molecular formula is C69H109N5O3Rh2-2. The van der Waals surface area contributed by atoms with Crippen LogP contribution in [0.15, 0.2) is 108 Å². The number of allylic oxidation sites excluding steroid dienone is 2. The molecule has 7 atom stereocenters. The third-order valence-electron chi connectivity index (χ3n) is 15.0. The SMILES string of the molecule is CC.CC.CC.CC.CC.CC1CC2=C(CCCC2)N(C)C1=O.CC1Cc2ccccc2N(C)C1=O.CC1Cc2ccccc2N(C)C1C.CC1[CH-]C(=O)N(C)c2ccccc2C1.CC1[CH-]C(C)N(C)c2ccccc2C1.[Rh].[Rh]. The number of para-hydroxylation sites is 4. The Morgan fingerprint density at radius 1 is 0.418 bits per heavy atom. The van der Waals surface area contributed by atoms with Crippen LogP contribution in [0.4, 0.5) is 22.7 Å². The van der Waals surface area contributed by atoms with Gasteiger partial charge in [0, 0.05) is 121 Å². The summed E-state index contributed by atoms with van der Waals surface area (Å²) in [5.41, 5.74) is 13.3. The number of carbonyl (C=O) groups excluding carboxylic acids is 3. The first-order valence-electron chi connectivity index (χ1n) is 30.0. The van der Waals surface area contributed by atoms with Gasteiger partial charge in [-0.05, 0) is 116 Å². The fourth-order valence-corrected chi connectivity index (χ4v) is 10.7. The molecule has 1 aliphatic carbocycles. The van der Waals surface area contributed by atoms with Crippen molar-refractivity contribution in [2.45, 2.75) is 188 Å². The average molecular weight is 1260 g/mol. The maximum atomic E-state index is 11.7. The van der Waals surface area contributed by atoms with Gasteiger partial charge in [0.25, 0.3) is 0 Å². The molecule has 4 aromatic carbocycles. The van der Waals surface area contributed by atoms with Crippen molar-refractivity contribution in [3.05, 3.63) is 143 Å². The Labute approximate surface area is 510 Å². The van der Waals surface area contributed by atoms with Gasteiger partial charge in [-0.1, -0.05) is 196 Å². The van der Waals surface area contributed by atoms with E-state index in [-0.39, 0.29) is 62.6 Å². The number of amides is 3. The van der Waals surface area contributed by atoms with Gasteiger partial charge >= 0.3 is 0 Å². The molecule has 5 aliphatic heterocycles. The van der Waals surface area contributed by atoms with Crippen LogP contribution in [-0.2, 0) is 79.0 Å². The molecule has 4 aromatic rings. The predicted octanol–water partition coefficient (Wildman–Crippen LogP) is 16.9. The maximum absolute atomic E-state index is 11.7. The molecule has 3 amide bonds. The summed E-state index contributed by atoms with van der Waals surface area (Å²) < 4.78 is 0. The van der Waals surface area contributed by atoms with Crippen molar-refractivity contribution in [3.8, 4) is 0 Å². The monoisotopic (exact) mass is 1260 g/mol. The van der Waals surface area contributed by atoms with Crippen LogP contribution in [0.3, 0.4) is 0 Å². The first-order valence-corrected chi connectivity index (χ1v) is 30.0. The van der Waals surface area contributed by atoms with E-state index in [0.717, 1.165) is 43.0 Å². The van der Waals surface area contributed by atoms with E-state index in [9.17, 15) is 14.4 Å². The first-order chi connectivity index (χ1) is 37.0. The number of hydrogen-bond donors (Lipinski definition) is 0. The molecule has 10 rings (SSSR count). The molecule has 0 aromatic heterocycles. The zero-order valence-electron chi connectivity index (χ0n) is 53.4. The Hall–Kier alpha value is -4.25. The van der Waals surface area contributed by atoms with Crippen LogP contribution in [0.1, 0.15) is 172 Å². The molecule has 7 unspecified atom stereocenters. The fraction of sp³-hybridized carbons (Fsp3) is 0.551. The van der Waals surface area contributed by atoms with Gasteiger partial charge in [-0.3, -0.25) is 9.59 Å². The second kappa shape index (κ2) is 40.8. The van der Waals surface area contributed by atoms with Crippen LogP contribution in [-0.4, -0.2) is 69.9 Å². The summed E-state index contributed by atoms with van der Waals surface area (Å²) in [4.78, 5) is 45.1. The van der Waals surface area contributed by atoms with Gasteiger partial charge in [0.05, 0.1) is 5.91 Å². The Bertz CT molecular complexity index is 2370. The summed E-state index contributed by atoms with van der Waals surface area (Å²) in [6.45, 7) is 35.3. The predicted molar refractivity (Wildman–Crippen MR) is 337 cm³/mol. The quantitative estimate of drug-likeness (QED) is 0.130. The summed E-state index contributed by atoms with van der Waals surface area (Å²) >= 11 is 0. The third kappa shape index (κ3) is 22.2. The number of hydrogen-bond acceptors (Lipinski definition) is 5. The average Bonchev–Trinajstić information content (AvgIpc) is 3.65. The molecule has 6 aliphatic rings. The van der Waals surface area contributed by atoms with Gasteiger partial charge in [0.15, 0.2) is 0 Å². The molecule has 0 spiro atoms. The standard InChI is InChI=1S/C13H18N.C12H14NO.C12H17N.C11H17NO.C11H13NO.5C2H6.2Rh/c1-10-8-11(2)14(3)13-7-5-4-6-12(13)9-10;1-9-7-10-5-3-4-6-11(10)13(2)12(14)8-9;1-9-8-11-6-4-5-7-12(11)13(3)10(9)2;2*1-8-7-9-5-3-4-6-10(9)12(2)11(8)13;5*1-2;;/h4-8,10-11H,9H2,1-3H3;3-6,8-9H,7H2,1-2H3;4-7,9-10H,8H2,1-3H3;8H,3-7H2,1-2H3;3-6,8H,7H2,1-2H3;5*1-2H3;;/q2*-1;;;;;;;;;;. The van der Waals surface area contributed by atoms with Crippen molar-refractivity contribution in [1.82, 2.24) is 4.90 Å². The Morgan fingerprint density at radius 3 is 1.32 bits per heavy atom. The minimum atomic E-state index is 0.